The lowest BCUT2D eigenvalue weighted by molar-refractivity contribution is -0.137. The molecule has 0 aromatic heterocycles. The van der Waals surface area contributed by atoms with Crippen molar-refractivity contribution in [3.63, 3.8) is 0 Å². The molecular weight excluding hydrogens is 320 g/mol. The molecule has 1 aliphatic rings. The fraction of sp³-hybridized carbons (Fsp3) is 0.350. The number of carbonyl (C=O) groups is 1. The lowest BCUT2D eigenvalue weighted by Gasteiger charge is -2.39. The summed E-state index contributed by atoms with van der Waals surface area (Å²) in [6.07, 6.45) is 0. The van der Waals surface area contributed by atoms with Gasteiger partial charge in [-0.25, -0.2) is 0 Å². The summed E-state index contributed by atoms with van der Waals surface area (Å²) in [7, 11) is 2.11. The molecule has 0 bridgehead atoms. The zero-order valence-corrected chi connectivity index (χ0v) is 15.1. The van der Waals surface area contributed by atoms with E-state index in [1.54, 1.807) is 0 Å². The number of amides is 1. The van der Waals surface area contributed by atoms with E-state index in [-0.39, 0.29) is 18.3 Å². The number of rotatable bonds is 3. The molecule has 0 N–H and O–H groups in total. The van der Waals surface area contributed by atoms with Gasteiger partial charge in [-0.05, 0) is 25.1 Å². The van der Waals surface area contributed by atoms with Crippen LogP contribution in [-0.4, -0.2) is 48.9 Å². The van der Waals surface area contributed by atoms with Gasteiger partial charge in [-0.1, -0.05) is 60.7 Å². The summed E-state index contributed by atoms with van der Waals surface area (Å²) < 4.78 is 0. The van der Waals surface area contributed by atoms with Crippen molar-refractivity contribution in [2.45, 2.75) is 12.3 Å². The van der Waals surface area contributed by atoms with Crippen LogP contribution in [0.3, 0.4) is 0 Å². The first-order valence-electron chi connectivity index (χ1n) is 8.21. The average Bonchev–Trinajstić information content (AvgIpc) is 2.62. The second kappa shape index (κ2) is 7.82. The predicted molar refractivity (Wildman–Crippen MR) is 101 cm³/mol. The number of likely N-dealkylation sites (N-methyl/N-ethyl adjacent to an activating group) is 1. The van der Waals surface area contributed by atoms with E-state index in [0.717, 1.165) is 37.3 Å². The van der Waals surface area contributed by atoms with E-state index in [9.17, 15) is 4.79 Å². The van der Waals surface area contributed by atoms with Crippen LogP contribution in [0.1, 0.15) is 18.1 Å². The molecule has 1 aliphatic heterocycles. The molecule has 3 rings (SSSR count). The van der Waals surface area contributed by atoms with Gasteiger partial charge in [-0.15, -0.1) is 12.4 Å². The molecule has 0 unspecified atom stereocenters. The van der Waals surface area contributed by atoms with Crippen LogP contribution < -0.4 is 0 Å². The molecule has 2 aromatic carbocycles. The third kappa shape index (κ3) is 3.47. The second-order valence-electron chi connectivity index (χ2n) is 6.45. The van der Waals surface area contributed by atoms with Crippen molar-refractivity contribution >= 4 is 18.3 Å². The van der Waals surface area contributed by atoms with E-state index >= 15 is 0 Å². The second-order valence-corrected chi connectivity index (χ2v) is 6.45. The van der Waals surface area contributed by atoms with Crippen LogP contribution >= 0.6 is 12.4 Å². The van der Waals surface area contributed by atoms with Gasteiger partial charge in [-0.2, -0.15) is 0 Å². The van der Waals surface area contributed by atoms with Crippen LogP contribution in [-0.2, 0) is 10.2 Å². The van der Waals surface area contributed by atoms with Gasteiger partial charge in [0.15, 0.2) is 0 Å². The summed E-state index contributed by atoms with van der Waals surface area (Å²) >= 11 is 0. The van der Waals surface area contributed by atoms with Gasteiger partial charge in [0, 0.05) is 26.2 Å². The molecule has 1 saturated heterocycles. The maximum absolute atomic E-state index is 13.4. The Morgan fingerprint density at radius 2 is 1.25 bits per heavy atom. The first-order chi connectivity index (χ1) is 11.1. The number of benzene rings is 2. The average molecular weight is 345 g/mol. The smallest absolute Gasteiger partial charge is 0.237 e. The summed E-state index contributed by atoms with van der Waals surface area (Å²) in [5.41, 5.74) is 1.46. The highest BCUT2D eigenvalue weighted by molar-refractivity contribution is 5.91. The van der Waals surface area contributed by atoms with Crippen molar-refractivity contribution in [1.82, 2.24) is 9.80 Å². The highest BCUT2D eigenvalue weighted by Crippen LogP contribution is 2.34. The SMILES string of the molecule is CN1CCN(C(=O)C(C)(c2ccccc2)c2ccccc2)CC1.Cl. The molecule has 1 fully saturated rings. The molecule has 0 aliphatic carbocycles. The highest BCUT2D eigenvalue weighted by Gasteiger charge is 2.40. The molecule has 0 atom stereocenters. The fourth-order valence-electron chi connectivity index (χ4n) is 3.28. The normalized spacial score (nSPS) is 15.7. The Kier molecular flexibility index (Phi) is 6.03. The first kappa shape index (κ1) is 18.5. The molecule has 2 aromatic rings. The summed E-state index contributed by atoms with van der Waals surface area (Å²) in [6.45, 7) is 5.52. The Hall–Kier alpha value is -1.84. The van der Waals surface area contributed by atoms with Gasteiger partial charge in [0.1, 0.15) is 0 Å². The van der Waals surface area contributed by atoms with Crippen molar-refractivity contribution in [3.8, 4) is 0 Å². The van der Waals surface area contributed by atoms with Crippen molar-refractivity contribution in [2.75, 3.05) is 33.2 Å². The van der Waals surface area contributed by atoms with Crippen molar-refractivity contribution in [3.05, 3.63) is 71.8 Å². The minimum absolute atomic E-state index is 0. The quantitative estimate of drug-likeness (QED) is 0.853. The van der Waals surface area contributed by atoms with Crippen LogP contribution in [0.25, 0.3) is 0 Å². The zero-order chi connectivity index (χ0) is 16.3. The molecule has 4 heteroatoms. The van der Waals surface area contributed by atoms with E-state index in [2.05, 4.69) is 43.1 Å². The Bertz CT molecular complexity index is 612. The minimum atomic E-state index is -0.640. The van der Waals surface area contributed by atoms with Crippen molar-refractivity contribution in [1.29, 1.82) is 0 Å². The Balaban J connectivity index is 0.00000208. The monoisotopic (exact) mass is 344 g/mol. The van der Waals surface area contributed by atoms with Crippen LogP contribution in [0, 0.1) is 0 Å². The number of hydrogen-bond donors (Lipinski definition) is 0. The topological polar surface area (TPSA) is 23.6 Å². The molecule has 24 heavy (non-hydrogen) atoms. The first-order valence-corrected chi connectivity index (χ1v) is 8.21. The standard InChI is InChI=1S/C20H24N2O.ClH/c1-20(17-9-5-3-6-10-17,18-11-7-4-8-12-18)19(23)22-15-13-21(2)14-16-22;/h3-12H,13-16H2,1-2H3;1H. The Labute approximate surface area is 150 Å². The van der Waals surface area contributed by atoms with Gasteiger partial charge in [0.25, 0.3) is 0 Å². The number of hydrogen-bond acceptors (Lipinski definition) is 2. The number of nitrogens with zero attached hydrogens (tertiary/aromatic N) is 2. The van der Waals surface area contributed by atoms with Gasteiger partial charge >= 0.3 is 0 Å². The zero-order valence-electron chi connectivity index (χ0n) is 14.3. The van der Waals surface area contributed by atoms with Crippen LogP contribution in [0.4, 0.5) is 0 Å². The van der Waals surface area contributed by atoms with E-state index in [4.69, 9.17) is 0 Å². The van der Waals surface area contributed by atoms with E-state index in [1.165, 1.54) is 0 Å². The predicted octanol–water partition coefficient (Wildman–Crippen LogP) is 3.19. The molecule has 3 nitrogen and oxygen atoms in total. The molecule has 0 radical (unpaired) electrons. The maximum atomic E-state index is 13.4. The Morgan fingerprint density at radius 1 is 0.833 bits per heavy atom. The van der Waals surface area contributed by atoms with Gasteiger partial charge in [0.2, 0.25) is 5.91 Å². The summed E-state index contributed by atoms with van der Waals surface area (Å²) in [5.74, 6) is 0.197. The van der Waals surface area contributed by atoms with E-state index in [1.807, 2.05) is 41.3 Å². The Morgan fingerprint density at radius 3 is 1.67 bits per heavy atom. The lowest BCUT2D eigenvalue weighted by atomic mass is 9.75. The van der Waals surface area contributed by atoms with E-state index < -0.39 is 5.41 Å². The lowest BCUT2D eigenvalue weighted by Crippen LogP contribution is -2.53. The summed E-state index contributed by atoms with van der Waals surface area (Å²) in [4.78, 5) is 17.7. The molecule has 0 spiro atoms. The summed E-state index contributed by atoms with van der Waals surface area (Å²) in [6, 6.07) is 20.2. The third-order valence-electron chi connectivity index (χ3n) is 4.92. The molecular formula is C20H25ClN2O. The molecule has 0 saturated carbocycles. The van der Waals surface area contributed by atoms with Crippen molar-refractivity contribution < 1.29 is 4.79 Å². The number of halogens is 1. The fourth-order valence-corrected chi connectivity index (χ4v) is 3.28. The van der Waals surface area contributed by atoms with Crippen LogP contribution in [0.5, 0.6) is 0 Å². The molecule has 1 heterocycles. The van der Waals surface area contributed by atoms with Gasteiger partial charge in [-0.3, -0.25) is 4.79 Å². The van der Waals surface area contributed by atoms with Crippen LogP contribution in [0.15, 0.2) is 60.7 Å². The van der Waals surface area contributed by atoms with Gasteiger partial charge in [0.05, 0.1) is 5.41 Å². The van der Waals surface area contributed by atoms with Crippen LogP contribution in [0.2, 0.25) is 0 Å². The third-order valence-corrected chi connectivity index (χ3v) is 4.92. The maximum Gasteiger partial charge on any atom is 0.237 e. The number of piperazine rings is 1. The molecule has 1 amide bonds. The highest BCUT2D eigenvalue weighted by atomic mass is 35.5. The van der Waals surface area contributed by atoms with Gasteiger partial charge < -0.3 is 9.80 Å². The number of carbonyl (C=O) groups excluding carboxylic acids is 1. The molecule has 128 valence electrons. The minimum Gasteiger partial charge on any atom is -0.339 e. The van der Waals surface area contributed by atoms with E-state index in [0.29, 0.717) is 0 Å². The largest absolute Gasteiger partial charge is 0.339 e. The van der Waals surface area contributed by atoms with Crippen molar-refractivity contribution in [2.24, 2.45) is 0 Å². The summed E-state index contributed by atoms with van der Waals surface area (Å²) in [5, 5.41) is 0.